The Labute approximate surface area is 114 Å². The Morgan fingerprint density at radius 2 is 1.89 bits per heavy atom. The van der Waals surface area contributed by atoms with Crippen molar-refractivity contribution in [2.75, 3.05) is 5.32 Å². The number of hydrogen-bond acceptors (Lipinski definition) is 2. The Hall–Kier alpha value is -1.71. The van der Waals surface area contributed by atoms with E-state index in [0.29, 0.717) is 0 Å². The van der Waals surface area contributed by atoms with Gasteiger partial charge in [0.05, 0.1) is 5.69 Å². The number of halogens is 1. The van der Waals surface area contributed by atoms with Crippen LogP contribution in [0.15, 0.2) is 54.2 Å². The number of thiophene rings is 1. The van der Waals surface area contributed by atoms with Crippen molar-refractivity contribution in [3.8, 4) is 10.4 Å². The van der Waals surface area contributed by atoms with E-state index in [-0.39, 0.29) is 0 Å². The number of rotatable bonds is 3. The van der Waals surface area contributed by atoms with Crippen molar-refractivity contribution in [1.29, 1.82) is 0 Å². The van der Waals surface area contributed by atoms with Crippen molar-refractivity contribution in [1.82, 2.24) is 4.98 Å². The molecule has 0 unspecified atom stereocenters. The molecule has 0 atom stereocenters. The zero-order valence-corrected chi connectivity index (χ0v) is 11.1. The molecular weight excluding hydrogens is 264 g/mol. The maximum Gasteiger partial charge on any atom is 0.0561 e. The van der Waals surface area contributed by atoms with Crippen LogP contribution in [-0.4, -0.2) is 4.98 Å². The lowest BCUT2D eigenvalue weighted by Gasteiger charge is -1.99. The molecule has 90 valence electrons. The molecule has 3 rings (SSSR count). The molecule has 0 saturated carbocycles. The summed E-state index contributed by atoms with van der Waals surface area (Å²) in [6, 6.07) is 12.0. The summed E-state index contributed by atoms with van der Waals surface area (Å²) in [5, 5.41) is 6.21. The van der Waals surface area contributed by atoms with Crippen LogP contribution in [0.2, 0.25) is 5.02 Å². The lowest BCUT2D eigenvalue weighted by atomic mass is 10.2. The molecule has 0 aliphatic rings. The van der Waals surface area contributed by atoms with Crippen molar-refractivity contribution in [2.24, 2.45) is 0 Å². The first-order valence-corrected chi connectivity index (χ1v) is 6.81. The Morgan fingerprint density at radius 1 is 1.06 bits per heavy atom. The molecule has 18 heavy (non-hydrogen) atoms. The van der Waals surface area contributed by atoms with E-state index in [4.69, 9.17) is 11.6 Å². The molecule has 4 heteroatoms. The monoisotopic (exact) mass is 274 g/mol. The first-order valence-electron chi connectivity index (χ1n) is 5.55. The van der Waals surface area contributed by atoms with E-state index in [1.165, 1.54) is 10.4 Å². The van der Waals surface area contributed by atoms with Gasteiger partial charge in [0, 0.05) is 33.4 Å². The average Bonchev–Trinajstić information content (AvgIpc) is 3.02. The van der Waals surface area contributed by atoms with Gasteiger partial charge in [-0.2, -0.15) is 0 Å². The van der Waals surface area contributed by atoms with E-state index >= 15 is 0 Å². The molecule has 0 aliphatic carbocycles. The van der Waals surface area contributed by atoms with Crippen molar-refractivity contribution in [3.63, 3.8) is 0 Å². The lowest BCUT2D eigenvalue weighted by Crippen LogP contribution is -1.84. The quantitative estimate of drug-likeness (QED) is 0.680. The fraction of sp³-hybridized carbons (Fsp3) is 0. The van der Waals surface area contributed by atoms with Gasteiger partial charge in [-0.3, -0.25) is 0 Å². The second-order valence-corrected chi connectivity index (χ2v) is 5.28. The minimum atomic E-state index is 0.765. The summed E-state index contributed by atoms with van der Waals surface area (Å²) in [7, 11) is 0. The second-order valence-electron chi connectivity index (χ2n) is 3.93. The van der Waals surface area contributed by atoms with Crippen LogP contribution in [-0.2, 0) is 0 Å². The number of aromatic nitrogens is 1. The van der Waals surface area contributed by atoms with E-state index in [0.717, 1.165) is 16.4 Å². The topological polar surface area (TPSA) is 27.8 Å². The Kier molecular flexibility index (Phi) is 3.09. The predicted octanol–water partition coefficient (Wildman–Crippen LogP) is 5.14. The van der Waals surface area contributed by atoms with Gasteiger partial charge in [0.25, 0.3) is 0 Å². The van der Waals surface area contributed by atoms with Crippen LogP contribution < -0.4 is 5.32 Å². The molecule has 0 aliphatic heterocycles. The van der Waals surface area contributed by atoms with Crippen molar-refractivity contribution in [2.45, 2.75) is 0 Å². The van der Waals surface area contributed by atoms with E-state index in [1.807, 2.05) is 42.7 Å². The third-order valence-corrected chi connectivity index (χ3v) is 3.85. The molecule has 2 N–H and O–H groups in total. The molecule has 2 nitrogen and oxygen atoms in total. The molecule has 0 spiro atoms. The highest BCUT2D eigenvalue weighted by Gasteiger charge is 2.03. The molecular formula is C14H11ClN2S. The van der Waals surface area contributed by atoms with Gasteiger partial charge in [0.15, 0.2) is 0 Å². The molecule has 0 amide bonds. The van der Waals surface area contributed by atoms with Gasteiger partial charge in [-0.05, 0) is 29.8 Å². The SMILES string of the molecule is Clc1ccc(-c2cc(Nc3cc[nH]c3)cs2)cc1. The minimum Gasteiger partial charge on any atom is -0.366 e. The van der Waals surface area contributed by atoms with Gasteiger partial charge < -0.3 is 10.3 Å². The zero-order valence-electron chi connectivity index (χ0n) is 9.48. The van der Waals surface area contributed by atoms with Crippen LogP contribution in [0, 0.1) is 0 Å². The van der Waals surface area contributed by atoms with Crippen LogP contribution >= 0.6 is 22.9 Å². The first-order chi connectivity index (χ1) is 8.81. The summed E-state index contributed by atoms with van der Waals surface area (Å²) in [6.45, 7) is 0. The summed E-state index contributed by atoms with van der Waals surface area (Å²) in [5.41, 5.74) is 3.35. The molecule has 1 aromatic carbocycles. The Balaban J connectivity index is 1.83. The second kappa shape index (κ2) is 4.88. The largest absolute Gasteiger partial charge is 0.366 e. The summed E-state index contributed by atoms with van der Waals surface area (Å²) in [6.07, 6.45) is 3.83. The van der Waals surface area contributed by atoms with Crippen LogP contribution in [0.4, 0.5) is 11.4 Å². The summed E-state index contributed by atoms with van der Waals surface area (Å²) >= 11 is 7.60. The summed E-state index contributed by atoms with van der Waals surface area (Å²) in [5.74, 6) is 0. The Morgan fingerprint density at radius 3 is 2.61 bits per heavy atom. The number of anilines is 2. The van der Waals surface area contributed by atoms with Crippen LogP contribution in [0.3, 0.4) is 0 Å². The van der Waals surface area contributed by atoms with Crippen molar-refractivity contribution in [3.05, 3.63) is 59.2 Å². The van der Waals surface area contributed by atoms with Gasteiger partial charge in [-0.1, -0.05) is 23.7 Å². The highest BCUT2D eigenvalue weighted by atomic mass is 35.5. The Bertz CT molecular complexity index is 626. The molecule has 0 radical (unpaired) electrons. The predicted molar refractivity (Wildman–Crippen MR) is 78.8 cm³/mol. The molecule has 0 bridgehead atoms. The van der Waals surface area contributed by atoms with Gasteiger partial charge in [-0.15, -0.1) is 11.3 Å². The van der Waals surface area contributed by atoms with Crippen LogP contribution in [0.5, 0.6) is 0 Å². The van der Waals surface area contributed by atoms with Crippen LogP contribution in [0.1, 0.15) is 0 Å². The highest BCUT2D eigenvalue weighted by molar-refractivity contribution is 7.14. The number of benzene rings is 1. The molecule has 0 saturated heterocycles. The maximum absolute atomic E-state index is 5.89. The molecule has 0 fully saturated rings. The lowest BCUT2D eigenvalue weighted by molar-refractivity contribution is 1.41. The molecule has 2 heterocycles. The van der Waals surface area contributed by atoms with Gasteiger partial charge in [-0.25, -0.2) is 0 Å². The molecule has 3 aromatic rings. The minimum absolute atomic E-state index is 0.765. The standard InChI is InChI=1S/C14H11ClN2S/c15-11-3-1-10(2-4-11)14-7-13(9-18-14)17-12-5-6-16-8-12/h1-9,16-17H. The van der Waals surface area contributed by atoms with Gasteiger partial charge >= 0.3 is 0 Å². The summed E-state index contributed by atoms with van der Waals surface area (Å²) in [4.78, 5) is 4.25. The number of aromatic amines is 1. The normalized spacial score (nSPS) is 10.5. The van der Waals surface area contributed by atoms with E-state index in [9.17, 15) is 0 Å². The number of hydrogen-bond donors (Lipinski definition) is 2. The van der Waals surface area contributed by atoms with E-state index in [2.05, 4.69) is 21.7 Å². The third-order valence-electron chi connectivity index (χ3n) is 2.61. The third kappa shape index (κ3) is 2.42. The van der Waals surface area contributed by atoms with E-state index in [1.54, 1.807) is 11.3 Å². The first kappa shape index (κ1) is 11.4. The number of nitrogens with one attached hydrogen (secondary N) is 2. The number of H-pyrrole nitrogens is 1. The maximum atomic E-state index is 5.89. The smallest absolute Gasteiger partial charge is 0.0561 e. The van der Waals surface area contributed by atoms with E-state index < -0.39 is 0 Å². The van der Waals surface area contributed by atoms with Crippen LogP contribution in [0.25, 0.3) is 10.4 Å². The fourth-order valence-electron chi connectivity index (χ4n) is 1.74. The van der Waals surface area contributed by atoms with Crippen molar-refractivity contribution >= 4 is 34.3 Å². The van der Waals surface area contributed by atoms with Gasteiger partial charge in [0.1, 0.15) is 0 Å². The van der Waals surface area contributed by atoms with Crippen molar-refractivity contribution < 1.29 is 0 Å². The fourth-order valence-corrected chi connectivity index (χ4v) is 2.71. The van der Waals surface area contributed by atoms with Gasteiger partial charge in [0.2, 0.25) is 0 Å². The summed E-state index contributed by atoms with van der Waals surface area (Å²) < 4.78 is 0. The highest BCUT2D eigenvalue weighted by Crippen LogP contribution is 2.31. The average molecular weight is 275 g/mol. The zero-order chi connectivity index (χ0) is 12.4. The molecule has 2 aromatic heterocycles.